The van der Waals surface area contributed by atoms with Crippen LogP contribution in [0.5, 0.6) is 11.5 Å². The van der Waals surface area contributed by atoms with Crippen molar-refractivity contribution in [2.75, 3.05) is 19.0 Å². The zero-order valence-corrected chi connectivity index (χ0v) is 15.2. The quantitative estimate of drug-likeness (QED) is 0.820. The summed E-state index contributed by atoms with van der Waals surface area (Å²) >= 11 is 7.53. The number of benzene rings is 2. The number of hydrogen-bond acceptors (Lipinski definition) is 4. The first-order valence-electron chi connectivity index (χ1n) is 8.29. The van der Waals surface area contributed by atoms with Crippen molar-refractivity contribution in [2.24, 2.45) is 0 Å². The van der Waals surface area contributed by atoms with Crippen LogP contribution in [0, 0.1) is 0 Å². The van der Waals surface area contributed by atoms with Crippen LogP contribution in [0.1, 0.15) is 23.6 Å². The lowest BCUT2D eigenvalue weighted by Gasteiger charge is -2.18. The third-order valence-corrected chi connectivity index (χ3v) is 5.63. The highest BCUT2D eigenvalue weighted by Crippen LogP contribution is 2.35. The molecular formula is C19H18ClNO3S. The topological polar surface area (TPSA) is 47.6 Å². The van der Waals surface area contributed by atoms with E-state index < -0.39 is 0 Å². The lowest BCUT2D eigenvalue weighted by Crippen LogP contribution is -2.28. The Labute approximate surface area is 155 Å². The van der Waals surface area contributed by atoms with Gasteiger partial charge in [0, 0.05) is 9.92 Å². The molecule has 0 spiro atoms. The van der Waals surface area contributed by atoms with E-state index in [0.717, 1.165) is 34.3 Å². The smallest absolute Gasteiger partial charge is 0.230 e. The summed E-state index contributed by atoms with van der Waals surface area (Å²) in [4.78, 5) is 13.3. The first-order valence-corrected chi connectivity index (χ1v) is 9.65. The van der Waals surface area contributed by atoms with E-state index in [1.165, 1.54) is 22.9 Å². The number of ether oxygens (including phenoxy) is 2. The van der Waals surface area contributed by atoms with Crippen LogP contribution in [0.15, 0.2) is 41.3 Å². The molecule has 2 aliphatic rings. The third kappa shape index (κ3) is 3.72. The maximum Gasteiger partial charge on any atom is 0.230 e. The molecule has 2 aromatic carbocycles. The molecular weight excluding hydrogens is 358 g/mol. The fraction of sp³-hybridized carbons (Fsp3) is 0.316. The Bertz CT molecular complexity index is 811. The highest BCUT2D eigenvalue weighted by Gasteiger charge is 2.24. The molecule has 1 unspecified atom stereocenters. The first-order chi connectivity index (χ1) is 12.2. The molecule has 0 radical (unpaired) electrons. The minimum atomic E-state index is 0.0349. The molecule has 0 saturated carbocycles. The maximum atomic E-state index is 12.3. The Hall–Kier alpha value is -1.85. The normalized spacial score (nSPS) is 17.9. The van der Waals surface area contributed by atoms with E-state index in [9.17, 15) is 4.79 Å². The van der Waals surface area contributed by atoms with Crippen molar-refractivity contribution in [2.45, 2.75) is 23.8 Å². The molecule has 130 valence electrons. The van der Waals surface area contributed by atoms with Crippen molar-refractivity contribution in [3.8, 4) is 11.5 Å². The zero-order chi connectivity index (χ0) is 17.2. The fourth-order valence-corrected chi connectivity index (χ4v) is 4.16. The maximum absolute atomic E-state index is 12.3. The Balaban J connectivity index is 1.34. The van der Waals surface area contributed by atoms with Crippen LogP contribution in [-0.4, -0.2) is 24.9 Å². The van der Waals surface area contributed by atoms with E-state index in [-0.39, 0.29) is 11.9 Å². The first kappa shape index (κ1) is 16.6. The van der Waals surface area contributed by atoms with Crippen LogP contribution in [-0.2, 0) is 11.2 Å². The van der Waals surface area contributed by atoms with Gasteiger partial charge in [0.25, 0.3) is 0 Å². The number of rotatable bonds is 4. The summed E-state index contributed by atoms with van der Waals surface area (Å²) < 4.78 is 11.1. The minimum absolute atomic E-state index is 0.0349. The lowest BCUT2D eigenvalue weighted by atomic mass is 10.1. The van der Waals surface area contributed by atoms with E-state index in [1.54, 1.807) is 0 Å². The molecule has 4 nitrogen and oxygen atoms in total. The monoisotopic (exact) mass is 375 g/mol. The molecule has 4 rings (SSSR count). The molecule has 1 heterocycles. The van der Waals surface area contributed by atoms with Crippen LogP contribution in [0.2, 0.25) is 5.02 Å². The average molecular weight is 376 g/mol. The molecule has 2 aromatic rings. The predicted octanol–water partition coefficient (Wildman–Crippen LogP) is 4.01. The second-order valence-electron chi connectivity index (χ2n) is 6.10. The van der Waals surface area contributed by atoms with Gasteiger partial charge in [-0.2, -0.15) is 0 Å². The Morgan fingerprint density at radius 2 is 2.00 bits per heavy atom. The van der Waals surface area contributed by atoms with Gasteiger partial charge in [0.15, 0.2) is 11.5 Å². The molecule has 1 atom stereocenters. The summed E-state index contributed by atoms with van der Waals surface area (Å²) in [5, 5.41) is 3.88. The van der Waals surface area contributed by atoms with Gasteiger partial charge >= 0.3 is 0 Å². The van der Waals surface area contributed by atoms with Crippen molar-refractivity contribution in [1.29, 1.82) is 0 Å². The number of halogens is 1. The standard InChI is InChI=1S/C19H18ClNO3S/c20-13-2-4-15-12(9-13)1-5-16(15)21-19(22)11-25-14-3-6-17-18(10-14)24-8-7-23-17/h2-4,6,9-10,16H,1,5,7-8,11H2,(H,21,22). The number of carbonyl (C=O) groups is 1. The number of aryl methyl sites for hydroxylation is 1. The highest BCUT2D eigenvalue weighted by atomic mass is 35.5. The Kier molecular flexibility index (Phi) is 4.77. The van der Waals surface area contributed by atoms with Gasteiger partial charge in [0.1, 0.15) is 13.2 Å². The number of nitrogens with one attached hydrogen (secondary N) is 1. The number of amides is 1. The van der Waals surface area contributed by atoms with Gasteiger partial charge < -0.3 is 14.8 Å². The van der Waals surface area contributed by atoms with Crippen LogP contribution < -0.4 is 14.8 Å². The molecule has 0 bridgehead atoms. The molecule has 1 aliphatic carbocycles. The molecule has 0 aromatic heterocycles. The van der Waals surface area contributed by atoms with Crippen LogP contribution >= 0.6 is 23.4 Å². The molecule has 1 N–H and O–H groups in total. The molecule has 0 saturated heterocycles. The second kappa shape index (κ2) is 7.18. The van der Waals surface area contributed by atoms with E-state index in [0.29, 0.717) is 19.0 Å². The third-order valence-electron chi connectivity index (χ3n) is 4.40. The van der Waals surface area contributed by atoms with Crippen LogP contribution in [0.4, 0.5) is 0 Å². The summed E-state index contributed by atoms with van der Waals surface area (Å²) in [5.41, 5.74) is 2.42. The van der Waals surface area contributed by atoms with E-state index in [4.69, 9.17) is 21.1 Å². The van der Waals surface area contributed by atoms with E-state index in [2.05, 4.69) is 5.32 Å². The molecule has 1 aliphatic heterocycles. The molecule has 6 heteroatoms. The summed E-state index contributed by atoms with van der Waals surface area (Å²) in [6, 6.07) is 11.8. The number of thioether (sulfide) groups is 1. The number of carbonyl (C=O) groups excluding carboxylic acids is 1. The average Bonchev–Trinajstić information content (AvgIpc) is 3.01. The van der Waals surface area contributed by atoms with Crippen molar-refractivity contribution in [1.82, 2.24) is 5.32 Å². The predicted molar refractivity (Wildman–Crippen MR) is 98.8 cm³/mol. The van der Waals surface area contributed by atoms with E-state index in [1.807, 2.05) is 36.4 Å². The zero-order valence-electron chi connectivity index (χ0n) is 13.6. The van der Waals surface area contributed by atoms with Gasteiger partial charge in [0.05, 0.1) is 11.8 Å². The summed E-state index contributed by atoms with van der Waals surface area (Å²) in [6.45, 7) is 1.14. The van der Waals surface area contributed by atoms with Crippen molar-refractivity contribution in [3.63, 3.8) is 0 Å². The summed E-state index contributed by atoms with van der Waals surface area (Å²) in [7, 11) is 0. The second-order valence-corrected chi connectivity index (χ2v) is 7.58. The molecule has 25 heavy (non-hydrogen) atoms. The summed E-state index contributed by atoms with van der Waals surface area (Å²) in [6.07, 6.45) is 1.88. The van der Waals surface area contributed by atoms with Crippen LogP contribution in [0.25, 0.3) is 0 Å². The largest absolute Gasteiger partial charge is 0.486 e. The molecule has 0 fully saturated rings. The Morgan fingerprint density at radius 3 is 2.88 bits per heavy atom. The SMILES string of the molecule is O=C(CSc1ccc2c(c1)OCCO2)NC1CCc2cc(Cl)ccc21. The van der Waals surface area contributed by atoms with Crippen molar-refractivity contribution in [3.05, 3.63) is 52.5 Å². The van der Waals surface area contributed by atoms with Crippen molar-refractivity contribution >= 4 is 29.3 Å². The van der Waals surface area contributed by atoms with Gasteiger partial charge in [-0.3, -0.25) is 4.79 Å². The lowest BCUT2D eigenvalue weighted by molar-refractivity contribution is -0.119. The van der Waals surface area contributed by atoms with Gasteiger partial charge in [-0.05, 0) is 54.3 Å². The van der Waals surface area contributed by atoms with Gasteiger partial charge in [-0.25, -0.2) is 0 Å². The molecule has 1 amide bonds. The fourth-order valence-electron chi connectivity index (χ4n) is 3.23. The van der Waals surface area contributed by atoms with Gasteiger partial charge in [-0.1, -0.05) is 17.7 Å². The summed E-state index contributed by atoms with van der Waals surface area (Å²) in [5.74, 6) is 1.92. The van der Waals surface area contributed by atoms with Gasteiger partial charge in [-0.15, -0.1) is 11.8 Å². The number of fused-ring (bicyclic) bond motifs is 2. The minimum Gasteiger partial charge on any atom is -0.486 e. The van der Waals surface area contributed by atoms with E-state index >= 15 is 0 Å². The van der Waals surface area contributed by atoms with Crippen LogP contribution in [0.3, 0.4) is 0 Å². The van der Waals surface area contributed by atoms with Gasteiger partial charge in [0.2, 0.25) is 5.91 Å². The van der Waals surface area contributed by atoms with Crippen molar-refractivity contribution < 1.29 is 14.3 Å². The highest BCUT2D eigenvalue weighted by molar-refractivity contribution is 8.00. The number of hydrogen-bond donors (Lipinski definition) is 1. The Morgan fingerprint density at radius 1 is 1.16 bits per heavy atom.